The van der Waals surface area contributed by atoms with Gasteiger partial charge in [-0.25, -0.2) is 4.57 Å². The van der Waals surface area contributed by atoms with Gasteiger partial charge in [-0.1, -0.05) is 43.5 Å². The van der Waals surface area contributed by atoms with Gasteiger partial charge < -0.3 is 4.74 Å². The zero-order valence-electron chi connectivity index (χ0n) is 18.1. The number of rotatable bonds is 1. The quantitative estimate of drug-likeness (QED) is 0.273. The molecule has 1 aliphatic heterocycles. The van der Waals surface area contributed by atoms with Crippen molar-refractivity contribution in [3.8, 4) is 22.8 Å². The second kappa shape index (κ2) is 6.57. The Labute approximate surface area is 178 Å². The summed E-state index contributed by atoms with van der Waals surface area (Å²) in [5.41, 5.74) is 6.64. The average Bonchev–Trinajstić information content (AvgIpc) is 2.78. The first-order chi connectivity index (χ1) is 14.6. The molecule has 2 heteroatoms. The Bertz CT molecular complexity index is 1330. The SMILES string of the molecule is Cc1c(C2CCCCC2)cc2cc[n+](C)c3c2c1Oc1cc2ccccc2c(C)c1-3. The lowest BCUT2D eigenvalue weighted by Gasteiger charge is -2.28. The summed E-state index contributed by atoms with van der Waals surface area (Å²) in [7, 11) is 2.16. The maximum absolute atomic E-state index is 6.74. The highest BCUT2D eigenvalue weighted by Crippen LogP contribution is 2.51. The van der Waals surface area contributed by atoms with Crippen LogP contribution in [0.4, 0.5) is 0 Å². The topological polar surface area (TPSA) is 13.1 Å². The van der Waals surface area contributed by atoms with Crippen molar-refractivity contribution in [1.29, 1.82) is 0 Å². The number of aromatic nitrogens is 1. The summed E-state index contributed by atoms with van der Waals surface area (Å²) in [6.07, 6.45) is 8.90. The van der Waals surface area contributed by atoms with E-state index in [0.29, 0.717) is 5.92 Å². The van der Waals surface area contributed by atoms with E-state index in [1.807, 2.05) is 0 Å². The number of nitrogens with zero attached hydrogens (tertiary/aromatic N) is 1. The van der Waals surface area contributed by atoms with E-state index in [4.69, 9.17) is 4.74 Å². The van der Waals surface area contributed by atoms with Crippen LogP contribution in [-0.2, 0) is 7.05 Å². The van der Waals surface area contributed by atoms with E-state index in [0.717, 1.165) is 11.5 Å². The van der Waals surface area contributed by atoms with Gasteiger partial charge in [-0.05, 0) is 77.6 Å². The van der Waals surface area contributed by atoms with Crippen molar-refractivity contribution in [3.05, 3.63) is 65.4 Å². The number of hydrogen-bond donors (Lipinski definition) is 0. The Kier molecular flexibility index (Phi) is 3.93. The molecular formula is C28H28NO+. The smallest absolute Gasteiger partial charge is 0.228 e. The molecule has 3 aromatic carbocycles. The first-order valence-electron chi connectivity index (χ1n) is 11.3. The van der Waals surface area contributed by atoms with Gasteiger partial charge in [0.25, 0.3) is 0 Å². The number of hydrogen-bond acceptors (Lipinski definition) is 1. The first kappa shape index (κ1) is 17.9. The molecule has 0 spiro atoms. The van der Waals surface area contributed by atoms with Gasteiger partial charge in [0.2, 0.25) is 5.69 Å². The third-order valence-corrected chi connectivity index (χ3v) is 7.43. The lowest BCUT2D eigenvalue weighted by atomic mass is 9.80. The molecule has 0 N–H and O–H groups in total. The Balaban J connectivity index is 1.69. The molecule has 30 heavy (non-hydrogen) atoms. The molecule has 0 unspecified atom stereocenters. The summed E-state index contributed by atoms with van der Waals surface area (Å²) in [4.78, 5) is 0. The van der Waals surface area contributed by atoms with Crippen LogP contribution in [0.3, 0.4) is 0 Å². The van der Waals surface area contributed by atoms with Crippen LogP contribution in [0.5, 0.6) is 11.5 Å². The summed E-state index contributed by atoms with van der Waals surface area (Å²) < 4.78 is 9.01. The summed E-state index contributed by atoms with van der Waals surface area (Å²) in [6.45, 7) is 4.51. The molecule has 0 atom stereocenters. The Morgan fingerprint density at radius 2 is 1.70 bits per heavy atom. The van der Waals surface area contributed by atoms with E-state index in [2.05, 4.69) is 74.1 Å². The minimum atomic E-state index is 0.667. The normalized spacial score (nSPS) is 16.0. The van der Waals surface area contributed by atoms with Gasteiger partial charge in [0, 0.05) is 6.07 Å². The van der Waals surface area contributed by atoms with Crippen LogP contribution in [0.1, 0.15) is 54.7 Å². The molecule has 1 fully saturated rings. The average molecular weight is 395 g/mol. The van der Waals surface area contributed by atoms with E-state index >= 15 is 0 Å². The molecule has 0 saturated heterocycles. The van der Waals surface area contributed by atoms with Gasteiger partial charge in [-0.3, -0.25) is 0 Å². The van der Waals surface area contributed by atoms with Crippen molar-refractivity contribution in [2.45, 2.75) is 51.9 Å². The molecule has 1 aromatic heterocycles. The molecule has 1 aliphatic carbocycles. The van der Waals surface area contributed by atoms with E-state index in [9.17, 15) is 0 Å². The monoisotopic (exact) mass is 394 g/mol. The van der Waals surface area contributed by atoms with Crippen LogP contribution >= 0.6 is 0 Å². The molecule has 6 rings (SSSR count). The molecule has 2 nitrogen and oxygen atoms in total. The fraction of sp³-hybridized carbons (Fsp3) is 0.321. The van der Waals surface area contributed by atoms with Gasteiger partial charge in [0.1, 0.15) is 18.5 Å². The van der Waals surface area contributed by atoms with Crippen molar-refractivity contribution in [1.82, 2.24) is 0 Å². The molecule has 1 saturated carbocycles. The first-order valence-corrected chi connectivity index (χ1v) is 11.3. The van der Waals surface area contributed by atoms with E-state index in [-0.39, 0.29) is 0 Å². The minimum Gasteiger partial charge on any atom is -0.455 e. The maximum Gasteiger partial charge on any atom is 0.228 e. The van der Waals surface area contributed by atoms with Crippen LogP contribution in [0.15, 0.2) is 48.7 Å². The number of fused-ring (bicyclic) bond motifs is 3. The van der Waals surface area contributed by atoms with E-state index < -0.39 is 0 Å². The van der Waals surface area contributed by atoms with Gasteiger partial charge in [-0.15, -0.1) is 0 Å². The highest BCUT2D eigenvalue weighted by molar-refractivity contribution is 6.06. The number of aryl methyl sites for hydroxylation is 2. The second-order valence-electron chi connectivity index (χ2n) is 9.19. The number of pyridine rings is 1. The predicted octanol–water partition coefficient (Wildman–Crippen LogP) is 7.25. The van der Waals surface area contributed by atoms with Crippen LogP contribution in [0.2, 0.25) is 0 Å². The summed E-state index contributed by atoms with van der Waals surface area (Å²) in [5, 5.41) is 5.12. The van der Waals surface area contributed by atoms with Crippen LogP contribution in [-0.4, -0.2) is 0 Å². The minimum absolute atomic E-state index is 0.667. The van der Waals surface area contributed by atoms with Crippen molar-refractivity contribution in [3.63, 3.8) is 0 Å². The van der Waals surface area contributed by atoms with E-state index in [1.165, 1.54) is 81.6 Å². The molecular weight excluding hydrogens is 366 g/mol. The van der Waals surface area contributed by atoms with Crippen LogP contribution in [0.25, 0.3) is 32.8 Å². The molecule has 0 bridgehead atoms. The van der Waals surface area contributed by atoms with Crippen molar-refractivity contribution in [2.24, 2.45) is 7.05 Å². The maximum atomic E-state index is 6.74. The van der Waals surface area contributed by atoms with Gasteiger partial charge in [0.05, 0.1) is 10.9 Å². The summed E-state index contributed by atoms with van der Waals surface area (Å²) >= 11 is 0. The third-order valence-electron chi connectivity index (χ3n) is 7.43. The fourth-order valence-corrected chi connectivity index (χ4v) is 5.86. The summed E-state index contributed by atoms with van der Waals surface area (Å²) in [5.74, 6) is 2.73. The number of ether oxygens (including phenoxy) is 1. The molecule has 4 aromatic rings. The zero-order valence-corrected chi connectivity index (χ0v) is 18.1. The van der Waals surface area contributed by atoms with Gasteiger partial charge in [-0.2, -0.15) is 0 Å². The standard InChI is InChI=1S/C28H28NO/c1-17-22-12-8-7-11-20(22)16-24-25(17)27-26-21(13-14-29(27)3)15-23(18(2)28(26)30-24)19-9-5-4-6-10-19/h7-8,11-16,19H,4-6,9-10H2,1-3H3/q+1. The molecule has 0 radical (unpaired) electrons. The lowest BCUT2D eigenvalue weighted by molar-refractivity contribution is -0.659. The van der Waals surface area contributed by atoms with Crippen LogP contribution in [0, 0.1) is 13.8 Å². The van der Waals surface area contributed by atoms with Gasteiger partial charge >= 0.3 is 0 Å². The number of benzene rings is 3. The van der Waals surface area contributed by atoms with Crippen molar-refractivity contribution < 1.29 is 9.30 Å². The molecule has 0 amide bonds. The van der Waals surface area contributed by atoms with Crippen LogP contribution < -0.4 is 9.30 Å². The predicted molar refractivity (Wildman–Crippen MR) is 123 cm³/mol. The highest BCUT2D eigenvalue weighted by atomic mass is 16.5. The Morgan fingerprint density at radius 3 is 2.53 bits per heavy atom. The van der Waals surface area contributed by atoms with E-state index in [1.54, 1.807) is 0 Å². The summed E-state index contributed by atoms with van der Waals surface area (Å²) in [6, 6.07) is 15.6. The largest absolute Gasteiger partial charge is 0.455 e. The molecule has 2 heterocycles. The Morgan fingerprint density at radius 1 is 0.900 bits per heavy atom. The fourth-order valence-electron chi connectivity index (χ4n) is 5.86. The van der Waals surface area contributed by atoms with Gasteiger partial charge in [0.15, 0.2) is 6.20 Å². The molecule has 2 aliphatic rings. The van der Waals surface area contributed by atoms with Crippen molar-refractivity contribution in [2.75, 3.05) is 0 Å². The zero-order chi connectivity index (χ0) is 20.4. The Hall–Kier alpha value is -2.87. The molecule has 150 valence electrons. The third kappa shape index (κ3) is 2.46. The van der Waals surface area contributed by atoms with Crippen molar-refractivity contribution >= 4 is 21.5 Å². The lowest BCUT2D eigenvalue weighted by Crippen LogP contribution is -2.32. The second-order valence-corrected chi connectivity index (χ2v) is 9.19. The highest BCUT2D eigenvalue weighted by Gasteiger charge is 2.32.